The van der Waals surface area contributed by atoms with E-state index in [-0.39, 0.29) is 45.2 Å². The van der Waals surface area contributed by atoms with Crippen molar-refractivity contribution in [2.45, 2.75) is 11.1 Å². The van der Waals surface area contributed by atoms with Crippen LogP contribution >= 0.6 is 10.8 Å². The van der Waals surface area contributed by atoms with Gasteiger partial charge in [-0.2, -0.15) is 13.2 Å². The summed E-state index contributed by atoms with van der Waals surface area (Å²) < 4.78 is 67.0. The molecule has 1 rings (SSSR count). The average Bonchev–Trinajstić information content (AvgIpc) is 2.00. The van der Waals surface area contributed by atoms with E-state index in [9.17, 15) is 26.1 Å². The van der Waals surface area contributed by atoms with Crippen molar-refractivity contribution in [3.05, 3.63) is 29.8 Å². The van der Waals surface area contributed by atoms with Crippen molar-refractivity contribution < 1.29 is 55.7 Å². The summed E-state index contributed by atoms with van der Waals surface area (Å²) in [4.78, 5) is -0.0435. The Morgan fingerprint density at radius 2 is 1.56 bits per heavy atom. The fourth-order valence-corrected chi connectivity index (χ4v) is 2.34. The van der Waals surface area contributed by atoms with Crippen LogP contribution in [-0.4, -0.2) is 13.0 Å². The second kappa shape index (κ2) is 5.74. The van der Waals surface area contributed by atoms with Crippen molar-refractivity contribution in [1.82, 2.24) is 0 Å². The Bertz CT molecular complexity index is 441. The van der Waals surface area contributed by atoms with Crippen LogP contribution in [0.25, 0.3) is 0 Å². The molecule has 0 N–H and O–H groups in total. The first-order valence-corrected chi connectivity index (χ1v) is 6.25. The van der Waals surface area contributed by atoms with Gasteiger partial charge in [-0.3, -0.25) is 0 Å². The van der Waals surface area contributed by atoms with Crippen molar-refractivity contribution in [1.29, 1.82) is 0 Å². The molecule has 0 aliphatic heterocycles. The van der Waals surface area contributed by atoms with E-state index in [1.165, 1.54) is 0 Å². The van der Waals surface area contributed by atoms with E-state index in [0.29, 0.717) is 12.1 Å². The van der Waals surface area contributed by atoms with Crippen LogP contribution in [0.15, 0.2) is 29.2 Å². The molecule has 16 heavy (non-hydrogen) atoms. The zero-order chi connectivity index (χ0) is 11.7. The standard InChI is InChI=1S/C7H5F3O3S2.Na/c8-7(9,10)5-1-3-6(4-2-5)14-15(11,12)13;/h1-4H,(H,11,12,13);/q;+1/p-1. The molecule has 0 atom stereocenters. The van der Waals surface area contributed by atoms with Crippen LogP contribution in [0.5, 0.6) is 0 Å². The number of alkyl halides is 3. The zero-order valence-electron chi connectivity index (χ0n) is 7.98. The Kier molecular flexibility index (Phi) is 5.84. The summed E-state index contributed by atoms with van der Waals surface area (Å²) in [6.45, 7) is 0. The van der Waals surface area contributed by atoms with E-state index in [1.807, 2.05) is 0 Å². The van der Waals surface area contributed by atoms with Gasteiger partial charge in [-0.1, -0.05) is 0 Å². The van der Waals surface area contributed by atoms with Crippen molar-refractivity contribution in [2.24, 2.45) is 0 Å². The van der Waals surface area contributed by atoms with Crippen molar-refractivity contribution in [2.75, 3.05) is 0 Å². The van der Waals surface area contributed by atoms with Gasteiger partial charge in [-0.05, 0) is 35.1 Å². The molecule has 0 heterocycles. The fraction of sp³-hybridized carbons (Fsp3) is 0.143. The molecule has 0 bridgehead atoms. The van der Waals surface area contributed by atoms with Gasteiger partial charge < -0.3 is 4.55 Å². The first-order valence-electron chi connectivity index (χ1n) is 3.51. The predicted molar refractivity (Wildman–Crippen MR) is 47.0 cm³/mol. The van der Waals surface area contributed by atoms with E-state index in [0.717, 1.165) is 12.1 Å². The molecule has 0 amide bonds. The number of hydrogen-bond donors (Lipinski definition) is 0. The van der Waals surface area contributed by atoms with Crippen LogP contribution in [0.4, 0.5) is 13.2 Å². The smallest absolute Gasteiger partial charge is 0.739 e. The molecule has 84 valence electrons. The molecule has 1 aromatic rings. The van der Waals surface area contributed by atoms with Gasteiger partial charge in [-0.15, -0.1) is 0 Å². The van der Waals surface area contributed by atoms with E-state index in [4.69, 9.17) is 0 Å². The molecule has 3 nitrogen and oxygen atoms in total. The number of rotatable bonds is 2. The van der Waals surface area contributed by atoms with Crippen LogP contribution in [0.2, 0.25) is 0 Å². The Hall–Kier alpha value is 0.270. The largest absolute Gasteiger partial charge is 1.00 e. The molecule has 0 radical (unpaired) electrons. The molecule has 1 aromatic carbocycles. The Morgan fingerprint density at radius 1 is 1.12 bits per heavy atom. The van der Waals surface area contributed by atoms with Crippen molar-refractivity contribution in [3.63, 3.8) is 0 Å². The second-order valence-electron chi connectivity index (χ2n) is 2.51. The van der Waals surface area contributed by atoms with Gasteiger partial charge in [0.1, 0.15) is 0 Å². The van der Waals surface area contributed by atoms with Crippen LogP contribution in [0.1, 0.15) is 5.56 Å². The van der Waals surface area contributed by atoms with Crippen LogP contribution in [0.3, 0.4) is 0 Å². The normalized spacial score (nSPS) is 12.0. The zero-order valence-corrected chi connectivity index (χ0v) is 11.6. The summed E-state index contributed by atoms with van der Waals surface area (Å²) >= 11 is 0. The third-order valence-corrected chi connectivity index (χ3v) is 3.24. The maximum Gasteiger partial charge on any atom is 1.00 e. The Balaban J connectivity index is 0.00000225. The molecule has 0 aliphatic carbocycles. The Morgan fingerprint density at radius 3 is 1.88 bits per heavy atom. The Labute approximate surface area is 116 Å². The summed E-state index contributed by atoms with van der Waals surface area (Å²) in [6, 6.07) is 3.30. The maximum absolute atomic E-state index is 12.1. The molecule has 0 fully saturated rings. The number of hydrogen-bond acceptors (Lipinski definition) is 4. The predicted octanol–water partition coefficient (Wildman–Crippen LogP) is -0.738. The van der Waals surface area contributed by atoms with Gasteiger partial charge in [0.15, 0.2) is 9.15 Å². The molecule has 0 aromatic heterocycles. The van der Waals surface area contributed by atoms with Crippen molar-refractivity contribution in [3.8, 4) is 0 Å². The van der Waals surface area contributed by atoms with Crippen molar-refractivity contribution >= 4 is 19.9 Å². The topological polar surface area (TPSA) is 57.2 Å². The first-order chi connectivity index (χ1) is 6.68. The summed E-state index contributed by atoms with van der Waals surface area (Å²) in [5.41, 5.74) is -0.893. The molecule has 0 saturated carbocycles. The maximum atomic E-state index is 12.1. The minimum atomic E-state index is -4.54. The first kappa shape index (κ1) is 16.3. The van der Waals surface area contributed by atoms with Crippen LogP contribution in [-0.2, 0) is 15.3 Å². The molecule has 0 spiro atoms. The monoisotopic (exact) mass is 280 g/mol. The molecule has 0 saturated heterocycles. The summed E-state index contributed by atoms with van der Waals surface area (Å²) in [7, 11) is -4.57. The average molecular weight is 280 g/mol. The molecule has 9 heteroatoms. The van der Waals surface area contributed by atoms with Gasteiger partial charge >= 0.3 is 35.7 Å². The quantitative estimate of drug-likeness (QED) is 0.407. The number of halogens is 3. The van der Waals surface area contributed by atoms with Crippen LogP contribution < -0.4 is 29.6 Å². The van der Waals surface area contributed by atoms with Gasteiger partial charge in [0.2, 0.25) is 0 Å². The van der Waals surface area contributed by atoms with Crippen LogP contribution in [0, 0.1) is 0 Å². The van der Waals surface area contributed by atoms with E-state index in [2.05, 4.69) is 0 Å². The van der Waals surface area contributed by atoms with Gasteiger partial charge in [0.25, 0.3) is 0 Å². The summed E-state index contributed by atoms with van der Waals surface area (Å²) in [6.07, 6.45) is -4.47. The van der Waals surface area contributed by atoms with Gasteiger partial charge in [-0.25, -0.2) is 8.42 Å². The molecular formula is C7H4F3NaO3S2. The van der Waals surface area contributed by atoms with Gasteiger partial charge in [0, 0.05) is 4.90 Å². The van der Waals surface area contributed by atoms with E-state index < -0.39 is 20.9 Å². The number of benzene rings is 1. The third kappa shape index (κ3) is 5.55. The molecule has 0 unspecified atom stereocenters. The second-order valence-corrected chi connectivity index (χ2v) is 5.69. The third-order valence-electron chi connectivity index (χ3n) is 1.38. The van der Waals surface area contributed by atoms with E-state index >= 15 is 0 Å². The van der Waals surface area contributed by atoms with Gasteiger partial charge in [0.05, 0.1) is 5.56 Å². The summed E-state index contributed by atoms with van der Waals surface area (Å²) in [5.74, 6) is 0. The minimum Gasteiger partial charge on any atom is -0.739 e. The minimum absolute atomic E-state index is 0. The van der Waals surface area contributed by atoms with E-state index in [1.54, 1.807) is 0 Å². The molecule has 0 aliphatic rings. The fourth-order valence-electron chi connectivity index (χ4n) is 0.817. The SMILES string of the molecule is O=S(=O)([O-])Sc1ccc(C(F)(F)F)cc1.[Na+]. The molecular weight excluding hydrogens is 276 g/mol. The summed E-state index contributed by atoms with van der Waals surface area (Å²) in [5, 5.41) is 0.